The lowest BCUT2D eigenvalue weighted by molar-refractivity contribution is 0.602. The highest BCUT2D eigenvalue weighted by molar-refractivity contribution is 7.90. The molecular formula is C18H15ClN2O3S. The van der Waals surface area contributed by atoms with Crippen molar-refractivity contribution >= 4 is 21.4 Å². The van der Waals surface area contributed by atoms with Crippen LogP contribution < -0.4 is 5.56 Å². The predicted molar refractivity (Wildman–Crippen MR) is 98.6 cm³/mol. The molecule has 0 bridgehead atoms. The van der Waals surface area contributed by atoms with Gasteiger partial charge in [-0.05, 0) is 42.8 Å². The Labute approximate surface area is 150 Å². The third kappa shape index (κ3) is 3.65. The Kier molecular flexibility index (Phi) is 4.49. The molecule has 0 aliphatic carbocycles. The molecule has 1 aromatic carbocycles. The number of pyridine rings is 2. The van der Waals surface area contributed by atoms with Crippen LogP contribution in [-0.4, -0.2) is 24.6 Å². The molecule has 0 atom stereocenters. The summed E-state index contributed by atoms with van der Waals surface area (Å²) in [5.74, 6) is 0. The van der Waals surface area contributed by atoms with Crippen LogP contribution in [0.4, 0.5) is 0 Å². The monoisotopic (exact) mass is 374 g/mol. The maximum atomic E-state index is 12.0. The van der Waals surface area contributed by atoms with Gasteiger partial charge in [-0.15, -0.1) is 0 Å². The van der Waals surface area contributed by atoms with Gasteiger partial charge >= 0.3 is 0 Å². The fourth-order valence-electron chi connectivity index (χ4n) is 2.46. The topological polar surface area (TPSA) is 79.9 Å². The number of halogens is 1. The second-order valence-corrected chi connectivity index (χ2v) is 8.14. The average Bonchev–Trinajstić information content (AvgIpc) is 2.57. The van der Waals surface area contributed by atoms with Crippen LogP contribution in [0.15, 0.2) is 58.4 Å². The standard InChI is InChI=1S/C18H15ClN2O3S/c1-11-3-4-13(10-20-11)17-15(9-16(19)18(22)21-17)12-5-7-14(8-6-12)25(2,23)24/h3-10H,1-2H3,(H,21,22). The maximum absolute atomic E-state index is 12.0. The van der Waals surface area contributed by atoms with Gasteiger partial charge in [0.1, 0.15) is 5.02 Å². The Morgan fingerprint density at radius 1 is 1.04 bits per heavy atom. The highest BCUT2D eigenvalue weighted by Crippen LogP contribution is 2.31. The van der Waals surface area contributed by atoms with Crippen molar-refractivity contribution in [1.29, 1.82) is 0 Å². The van der Waals surface area contributed by atoms with E-state index in [2.05, 4.69) is 9.97 Å². The molecule has 5 nitrogen and oxygen atoms in total. The quantitative estimate of drug-likeness (QED) is 0.761. The van der Waals surface area contributed by atoms with Crippen LogP contribution >= 0.6 is 11.6 Å². The normalized spacial score (nSPS) is 11.5. The molecule has 7 heteroatoms. The zero-order valence-electron chi connectivity index (χ0n) is 13.6. The molecule has 0 aliphatic rings. The Morgan fingerprint density at radius 2 is 1.68 bits per heavy atom. The van der Waals surface area contributed by atoms with Gasteiger partial charge in [0.05, 0.1) is 10.6 Å². The molecule has 0 saturated heterocycles. The van der Waals surface area contributed by atoms with Gasteiger partial charge in [0.25, 0.3) is 5.56 Å². The van der Waals surface area contributed by atoms with Gasteiger partial charge in [-0.2, -0.15) is 0 Å². The number of nitrogens with one attached hydrogen (secondary N) is 1. The van der Waals surface area contributed by atoms with Crippen LogP contribution in [0.3, 0.4) is 0 Å². The SMILES string of the molecule is Cc1ccc(-c2[nH]c(=O)c(Cl)cc2-c2ccc(S(C)(=O)=O)cc2)cn1. The van der Waals surface area contributed by atoms with Crippen molar-refractivity contribution in [2.75, 3.05) is 6.26 Å². The average molecular weight is 375 g/mol. The second-order valence-electron chi connectivity index (χ2n) is 5.72. The maximum Gasteiger partial charge on any atom is 0.267 e. The zero-order valence-corrected chi connectivity index (χ0v) is 15.1. The van der Waals surface area contributed by atoms with E-state index in [9.17, 15) is 13.2 Å². The van der Waals surface area contributed by atoms with Gasteiger partial charge in [0, 0.05) is 29.3 Å². The zero-order chi connectivity index (χ0) is 18.2. The number of H-pyrrole nitrogens is 1. The number of rotatable bonds is 3. The molecule has 0 spiro atoms. The van der Waals surface area contributed by atoms with E-state index in [4.69, 9.17) is 11.6 Å². The summed E-state index contributed by atoms with van der Waals surface area (Å²) in [6, 6.07) is 11.7. The second kappa shape index (κ2) is 6.46. The molecule has 1 N–H and O–H groups in total. The molecule has 2 heterocycles. The number of nitrogens with zero attached hydrogens (tertiary/aromatic N) is 1. The first-order chi connectivity index (χ1) is 11.8. The Hall–Kier alpha value is -2.44. The summed E-state index contributed by atoms with van der Waals surface area (Å²) in [7, 11) is -3.28. The number of hydrogen-bond donors (Lipinski definition) is 1. The summed E-state index contributed by atoms with van der Waals surface area (Å²) in [6.07, 6.45) is 2.82. The lowest BCUT2D eigenvalue weighted by atomic mass is 10.0. The van der Waals surface area contributed by atoms with Crippen LogP contribution in [0.2, 0.25) is 5.02 Å². The number of aryl methyl sites for hydroxylation is 1. The summed E-state index contributed by atoms with van der Waals surface area (Å²) < 4.78 is 23.2. The Bertz CT molecular complexity index is 1090. The van der Waals surface area contributed by atoms with Crippen LogP contribution in [-0.2, 0) is 9.84 Å². The molecule has 0 aliphatic heterocycles. The Morgan fingerprint density at radius 3 is 2.24 bits per heavy atom. The summed E-state index contributed by atoms with van der Waals surface area (Å²) in [5, 5.41) is 0.0611. The largest absolute Gasteiger partial charge is 0.320 e. The van der Waals surface area contributed by atoms with E-state index in [1.54, 1.807) is 24.4 Å². The summed E-state index contributed by atoms with van der Waals surface area (Å²) in [5.41, 5.74) is 3.21. The fourth-order valence-corrected chi connectivity index (χ4v) is 3.24. The molecule has 2 aromatic heterocycles. The number of sulfone groups is 1. The third-order valence-corrected chi connectivity index (χ3v) is 5.20. The van der Waals surface area contributed by atoms with Gasteiger partial charge in [-0.1, -0.05) is 23.7 Å². The number of aromatic nitrogens is 2. The third-order valence-electron chi connectivity index (χ3n) is 3.79. The van der Waals surface area contributed by atoms with Gasteiger partial charge in [-0.25, -0.2) is 8.42 Å². The first kappa shape index (κ1) is 17.4. The van der Waals surface area contributed by atoms with Crippen molar-refractivity contribution in [1.82, 2.24) is 9.97 Å². The molecule has 3 aromatic rings. The van der Waals surface area contributed by atoms with E-state index in [0.29, 0.717) is 11.3 Å². The lowest BCUT2D eigenvalue weighted by Crippen LogP contribution is -2.08. The first-order valence-corrected chi connectivity index (χ1v) is 9.69. The van der Waals surface area contributed by atoms with Crippen molar-refractivity contribution < 1.29 is 8.42 Å². The van der Waals surface area contributed by atoms with Crippen LogP contribution in [0, 0.1) is 6.92 Å². The molecule has 25 heavy (non-hydrogen) atoms. The van der Waals surface area contributed by atoms with Gasteiger partial charge in [0.2, 0.25) is 0 Å². The molecule has 3 rings (SSSR count). The minimum Gasteiger partial charge on any atom is -0.320 e. The summed E-state index contributed by atoms with van der Waals surface area (Å²) >= 11 is 6.00. The van der Waals surface area contributed by atoms with Gasteiger partial charge in [0.15, 0.2) is 9.84 Å². The van der Waals surface area contributed by atoms with Crippen molar-refractivity contribution in [3.63, 3.8) is 0 Å². The van der Waals surface area contributed by atoms with Crippen LogP contribution in [0.5, 0.6) is 0 Å². The summed E-state index contributed by atoms with van der Waals surface area (Å²) in [6.45, 7) is 1.87. The number of benzene rings is 1. The van der Waals surface area contributed by atoms with E-state index in [1.165, 1.54) is 12.1 Å². The molecule has 0 unspecified atom stereocenters. The van der Waals surface area contributed by atoms with Crippen molar-refractivity contribution in [3.8, 4) is 22.4 Å². The molecule has 0 fully saturated rings. The van der Waals surface area contributed by atoms with Gasteiger partial charge < -0.3 is 4.98 Å². The smallest absolute Gasteiger partial charge is 0.267 e. The highest BCUT2D eigenvalue weighted by Gasteiger charge is 2.13. The van der Waals surface area contributed by atoms with E-state index < -0.39 is 15.4 Å². The van der Waals surface area contributed by atoms with E-state index in [0.717, 1.165) is 23.1 Å². The Balaban J connectivity index is 2.20. The summed E-state index contributed by atoms with van der Waals surface area (Å²) in [4.78, 5) is 19.2. The van der Waals surface area contributed by atoms with Crippen LogP contribution in [0.1, 0.15) is 5.69 Å². The molecule has 0 saturated carbocycles. The van der Waals surface area contributed by atoms with Crippen molar-refractivity contribution in [3.05, 3.63) is 69.7 Å². The molecule has 0 radical (unpaired) electrons. The number of hydrogen-bond acceptors (Lipinski definition) is 4. The first-order valence-electron chi connectivity index (χ1n) is 7.42. The lowest BCUT2D eigenvalue weighted by Gasteiger charge is -2.11. The van der Waals surface area contributed by atoms with Crippen molar-refractivity contribution in [2.45, 2.75) is 11.8 Å². The molecular weight excluding hydrogens is 360 g/mol. The minimum atomic E-state index is -3.28. The molecule has 128 valence electrons. The van der Waals surface area contributed by atoms with E-state index in [1.807, 2.05) is 19.1 Å². The van der Waals surface area contributed by atoms with Crippen LogP contribution in [0.25, 0.3) is 22.4 Å². The highest BCUT2D eigenvalue weighted by atomic mass is 35.5. The minimum absolute atomic E-state index is 0.0611. The van der Waals surface area contributed by atoms with Gasteiger partial charge in [-0.3, -0.25) is 9.78 Å². The van der Waals surface area contributed by atoms with E-state index in [-0.39, 0.29) is 9.92 Å². The fraction of sp³-hybridized carbons (Fsp3) is 0.111. The molecule has 0 amide bonds. The number of aromatic amines is 1. The van der Waals surface area contributed by atoms with E-state index >= 15 is 0 Å². The van der Waals surface area contributed by atoms with Crippen molar-refractivity contribution in [2.24, 2.45) is 0 Å². The predicted octanol–water partition coefficient (Wildman–Crippen LogP) is 3.47.